The maximum atomic E-state index is 12.0. The van der Waals surface area contributed by atoms with Crippen LogP contribution in [0.5, 0.6) is 0 Å². The van der Waals surface area contributed by atoms with Gasteiger partial charge in [0.25, 0.3) is 5.91 Å². The van der Waals surface area contributed by atoms with E-state index < -0.39 is 0 Å². The molecule has 0 saturated carbocycles. The van der Waals surface area contributed by atoms with Crippen LogP contribution in [-0.4, -0.2) is 25.0 Å². The summed E-state index contributed by atoms with van der Waals surface area (Å²) in [5.74, 6) is 0.0118. The summed E-state index contributed by atoms with van der Waals surface area (Å²) < 4.78 is 0. The molecule has 18 heavy (non-hydrogen) atoms. The fourth-order valence-electron chi connectivity index (χ4n) is 2.39. The fraction of sp³-hybridized carbons (Fsp3) is 0.538. The molecule has 0 aromatic carbocycles. The van der Waals surface area contributed by atoms with Crippen LogP contribution in [0.15, 0.2) is 11.4 Å². The summed E-state index contributed by atoms with van der Waals surface area (Å²) in [6.07, 6.45) is 3.68. The van der Waals surface area contributed by atoms with E-state index in [0.717, 1.165) is 6.54 Å². The number of hydrogen-bond donors (Lipinski definition) is 2. The van der Waals surface area contributed by atoms with Crippen molar-refractivity contribution in [3.8, 4) is 6.07 Å². The highest BCUT2D eigenvalue weighted by Crippen LogP contribution is 2.21. The second-order valence-corrected chi connectivity index (χ2v) is 5.72. The SMILES string of the molecule is C[C@@H]1CCCC[NH+]1CC(=O)Nc1sccc1C#N. The van der Waals surface area contributed by atoms with Crippen LogP contribution >= 0.6 is 11.3 Å². The zero-order valence-corrected chi connectivity index (χ0v) is 11.3. The Hall–Kier alpha value is -1.38. The lowest BCUT2D eigenvalue weighted by Gasteiger charge is -2.29. The monoisotopic (exact) mass is 264 g/mol. The summed E-state index contributed by atoms with van der Waals surface area (Å²) in [6, 6.07) is 4.37. The van der Waals surface area contributed by atoms with Crippen molar-refractivity contribution in [2.45, 2.75) is 32.2 Å². The van der Waals surface area contributed by atoms with E-state index in [9.17, 15) is 4.79 Å². The number of nitrogens with zero attached hydrogens (tertiary/aromatic N) is 1. The third kappa shape index (κ3) is 3.09. The quantitative estimate of drug-likeness (QED) is 0.856. The molecule has 0 spiro atoms. The van der Waals surface area contributed by atoms with Crippen LogP contribution in [0.4, 0.5) is 5.00 Å². The largest absolute Gasteiger partial charge is 0.325 e. The highest BCUT2D eigenvalue weighted by molar-refractivity contribution is 7.14. The van der Waals surface area contributed by atoms with E-state index in [4.69, 9.17) is 5.26 Å². The van der Waals surface area contributed by atoms with Crippen LogP contribution in [0.3, 0.4) is 0 Å². The number of likely N-dealkylation sites (tertiary alicyclic amines) is 1. The Kier molecular flexibility index (Phi) is 4.34. The van der Waals surface area contributed by atoms with E-state index >= 15 is 0 Å². The van der Waals surface area contributed by atoms with Gasteiger partial charge in [-0.3, -0.25) is 4.79 Å². The van der Waals surface area contributed by atoms with Crippen molar-refractivity contribution in [3.05, 3.63) is 17.0 Å². The molecule has 2 N–H and O–H groups in total. The molecule has 5 heteroatoms. The van der Waals surface area contributed by atoms with Crippen molar-refractivity contribution in [2.24, 2.45) is 0 Å². The molecule has 96 valence electrons. The Morgan fingerprint density at radius 2 is 2.50 bits per heavy atom. The second kappa shape index (κ2) is 5.98. The minimum absolute atomic E-state index is 0.0118. The van der Waals surface area contributed by atoms with Crippen molar-refractivity contribution >= 4 is 22.2 Å². The van der Waals surface area contributed by atoms with Gasteiger partial charge >= 0.3 is 0 Å². The highest BCUT2D eigenvalue weighted by Gasteiger charge is 2.24. The number of hydrogen-bond acceptors (Lipinski definition) is 3. The summed E-state index contributed by atoms with van der Waals surface area (Å²) in [5.41, 5.74) is 0.551. The van der Waals surface area contributed by atoms with E-state index in [2.05, 4.69) is 18.3 Å². The average molecular weight is 264 g/mol. The number of thiophene rings is 1. The molecule has 0 radical (unpaired) electrons. The summed E-state index contributed by atoms with van der Waals surface area (Å²) >= 11 is 1.40. The lowest BCUT2D eigenvalue weighted by molar-refractivity contribution is -0.920. The maximum Gasteiger partial charge on any atom is 0.280 e. The van der Waals surface area contributed by atoms with Gasteiger partial charge in [-0.05, 0) is 37.6 Å². The van der Waals surface area contributed by atoms with Gasteiger partial charge in [-0.25, -0.2) is 0 Å². The van der Waals surface area contributed by atoms with E-state index in [1.807, 2.05) is 5.38 Å². The van der Waals surface area contributed by atoms with Crippen LogP contribution in [0, 0.1) is 11.3 Å². The van der Waals surface area contributed by atoms with Crippen molar-refractivity contribution < 1.29 is 9.69 Å². The normalized spacial score (nSPS) is 23.3. The molecule has 2 atom stereocenters. The third-order valence-corrected chi connectivity index (χ3v) is 4.34. The smallest absolute Gasteiger partial charge is 0.280 e. The number of carbonyl (C=O) groups excluding carboxylic acids is 1. The molecule has 2 rings (SSSR count). The van der Waals surface area contributed by atoms with Gasteiger partial charge in [0, 0.05) is 0 Å². The molecule has 0 bridgehead atoms. The van der Waals surface area contributed by atoms with Crippen molar-refractivity contribution in [1.82, 2.24) is 0 Å². The van der Waals surface area contributed by atoms with Crippen LogP contribution < -0.4 is 10.2 Å². The summed E-state index contributed by atoms with van der Waals surface area (Å²) in [6.45, 7) is 3.78. The third-order valence-electron chi connectivity index (χ3n) is 3.51. The average Bonchev–Trinajstić information content (AvgIpc) is 2.79. The standard InChI is InChI=1S/C13H17N3OS/c1-10-4-2-3-6-16(10)9-12(17)15-13-11(8-14)5-7-18-13/h5,7,10H,2-4,6,9H2,1H3,(H,15,17)/p+1/t10-/m1/s1. The minimum Gasteiger partial charge on any atom is -0.325 e. The summed E-state index contributed by atoms with van der Waals surface area (Å²) in [5, 5.41) is 14.2. The molecular weight excluding hydrogens is 246 g/mol. The Morgan fingerprint density at radius 3 is 3.22 bits per heavy atom. The topological polar surface area (TPSA) is 57.3 Å². The van der Waals surface area contributed by atoms with Crippen LogP contribution in [0.1, 0.15) is 31.7 Å². The first-order valence-electron chi connectivity index (χ1n) is 6.32. The predicted octanol–water partition coefficient (Wildman–Crippen LogP) is 1.02. The molecule has 1 saturated heterocycles. The van der Waals surface area contributed by atoms with Crippen LogP contribution in [-0.2, 0) is 4.79 Å². The van der Waals surface area contributed by atoms with Gasteiger partial charge in [-0.1, -0.05) is 0 Å². The first-order valence-corrected chi connectivity index (χ1v) is 7.20. The van der Waals surface area contributed by atoms with E-state index in [1.54, 1.807) is 6.07 Å². The second-order valence-electron chi connectivity index (χ2n) is 4.81. The molecule has 1 aliphatic heterocycles. The minimum atomic E-state index is 0.0118. The Balaban J connectivity index is 1.91. The number of anilines is 1. The Bertz CT molecular complexity index is 463. The molecule has 0 aliphatic carbocycles. The van der Waals surface area contributed by atoms with Gasteiger partial charge in [0.2, 0.25) is 0 Å². The summed E-state index contributed by atoms with van der Waals surface area (Å²) in [7, 11) is 0. The number of piperidine rings is 1. The molecule has 1 aromatic rings. The van der Waals surface area contributed by atoms with Crippen molar-refractivity contribution in [1.29, 1.82) is 5.26 Å². The molecule has 4 nitrogen and oxygen atoms in total. The van der Waals surface area contributed by atoms with Gasteiger partial charge < -0.3 is 10.2 Å². The molecule has 1 fully saturated rings. The molecule has 1 amide bonds. The number of rotatable bonds is 3. The van der Waals surface area contributed by atoms with E-state index in [0.29, 0.717) is 23.2 Å². The van der Waals surface area contributed by atoms with E-state index in [1.165, 1.54) is 35.5 Å². The van der Waals surface area contributed by atoms with Gasteiger partial charge in [0.05, 0.1) is 18.2 Å². The highest BCUT2D eigenvalue weighted by atomic mass is 32.1. The first-order chi connectivity index (χ1) is 8.70. The molecule has 1 aromatic heterocycles. The summed E-state index contributed by atoms with van der Waals surface area (Å²) in [4.78, 5) is 13.3. The number of carbonyl (C=O) groups is 1. The number of nitriles is 1. The van der Waals surface area contributed by atoms with E-state index in [-0.39, 0.29) is 5.91 Å². The van der Waals surface area contributed by atoms with Crippen LogP contribution in [0.2, 0.25) is 0 Å². The van der Waals surface area contributed by atoms with Crippen LogP contribution in [0.25, 0.3) is 0 Å². The lowest BCUT2D eigenvalue weighted by atomic mass is 10.0. The molecular formula is C13H18N3OS+. The Labute approximate surface area is 111 Å². The predicted molar refractivity (Wildman–Crippen MR) is 71.7 cm³/mol. The molecule has 2 heterocycles. The Morgan fingerprint density at radius 1 is 1.67 bits per heavy atom. The molecule has 1 unspecified atom stereocenters. The first kappa shape index (κ1) is 13.1. The number of quaternary nitrogens is 1. The zero-order valence-electron chi connectivity index (χ0n) is 10.5. The van der Waals surface area contributed by atoms with Gasteiger partial charge in [0.1, 0.15) is 11.1 Å². The maximum absolute atomic E-state index is 12.0. The fourth-order valence-corrected chi connectivity index (χ4v) is 3.14. The van der Waals surface area contributed by atoms with Gasteiger partial charge in [-0.2, -0.15) is 5.26 Å². The zero-order chi connectivity index (χ0) is 13.0. The molecule has 1 aliphatic rings. The van der Waals surface area contributed by atoms with Crippen molar-refractivity contribution in [2.75, 3.05) is 18.4 Å². The number of nitrogens with one attached hydrogen (secondary N) is 2. The van der Waals surface area contributed by atoms with Crippen molar-refractivity contribution in [3.63, 3.8) is 0 Å². The van der Waals surface area contributed by atoms with Gasteiger partial charge in [0.15, 0.2) is 6.54 Å². The number of amides is 1. The lowest BCUT2D eigenvalue weighted by Crippen LogP contribution is -3.17. The van der Waals surface area contributed by atoms with Gasteiger partial charge in [-0.15, -0.1) is 11.3 Å².